The maximum Gasteiger partial charge on any atom is 0.245 e. The van der Waals surface area contributed by atoms with Crippen molar-refractivity contribution in [2.75, 3.05) is 0 Å². The van der Waals surface area contributed by atoms with Crippen LogP contribution in [0.25, 0.3) is 10.9 Å². The molecule has 9 heteroatoms. The van der Waals surface area contributed by atoms with Gasteiger partial charge in [-0.1, -0.05) is 18.2 Å². The first-order valence-electron chi connectivity index (χ1n) is 7.61. The van der Waals surface area contributed by atoms with Gasteiger partial charge in [-0.05, 0) is 62.9 Å². The number of halogens is 4. The third-order valence-corrected chi connectivity index (χ3v) is 7.15. The van der Waals surface area contributed by atoms with E-state index in [1.165, 1.54) is 0 Å². The van der Waals surface area contributed by atoms with E-state index in [-0.39, 0.29) is 4.47 Å². The van der Waals surface area contributed by atoms with Crippen LogP contribution in [0.5, 0.6) is 0 Å². The smallest absolute Gasteiger partial charge is 0.245 e. The minimum Gasteiger partial charge on any atom is -0.361 e. The van der Waals surface area contributed by atoms with Crippen LogP contribution in [0, 0.1) is 11.6 Å². The van der Waals surface area contributed by atoms with Crippen molar-refractivity contribution in [1.82, 2.24) is 9.71 Å². The molecule has 0 fully saturated rings. The van der Waals surface area contributed by atoms with E-state index < -0.39 is 37.1 Å². The molecule has 0 amide bonds. The van der Waals surface area contributed by atoms with E-state index in [9.17, 15) is 17.2 Å². The number of sulfonamides is 1. The van der Waals surface area contributed by atoms with E-state index >= 15 is 0 Å². The van der Waals surface area contributed by atoms with Gasteiger partial charge in [0.05, 0.1) is 8.95 Å². The highest BCUT2D eigenvalue weighted by molar-refractivity contribution is 9.11. The summed E-state index contributed by atoms with van der Waals surface area (Å²) in [6.45, 7) is 1.67. The molecule has 0 saturated heterocycles. The molecule has 0 saturated carbocycles. The summed E-state index contributed by atoms with van der Waals surface area (Å²) in [4.78, 5) is 2.37. The van der Waals surface area contributed by atoms with Crippen molar-refractivity contribution in [2.45, 2.75) is 24.3 Å². The molecule has 26 heavy (non-hydrogen) atoms. The van der Waals surface area contributed by atoms with Gasteiger partial charge in [0.1, 0.15) is 10.7 Å². The minimum atomic E-state index is -4.27. The first-order chi connectivity index (χ1) is 12.2. The van der Waals surface area contributed by atoms with E-state index in [0.29, 0.717) is 6.42 Å². The Hall–Kier alpha value is -1.29. The molecule has 0 aliphatic rings. The standard InChI is InChI=1S/C17H14Br2F2N2O2S/c1-9(6-10-8-22-14-5-3-2-4-11(10)14)23-26(24,25)17-15(19)13(20)7-12(18)16(17)21/h2-5,7-9,22-23H,6H2,1H3. The Labute approximate surface area is 166 Å². The first kappa shape index (κ1) is 19.5. The highest BCUT2D eigenvalue weighted by Gasteiger charge is 2.28. The summed E-state index contributed by atoms with van der Waals surface area (Å²) < 4.78 is 55.1. The molecule has 0 aliphatic heterocycles. The molecule has 0 bridgehead atoms. The topological polar surface area (TPSA) is 62.0 Å². The number of hydrogen-bond donors (Lipinski definition) is 2. The lowest BCUT2D eigenvalue weighted by atomic mass is 10.1. The molecule has 1 atom stereocenters. The van der Waals surface area contributed by atoms with Gasteiger partial charge < -0.3 is 4.98 Å². The Morgan fingerprint density at radius 2 is 1.92 bits per heavy atom. The van der Waals surface area contributed by atoms with Crippen LogP contribution < -0.4 is 4.72 Å². The number of rotatable bonds is 5. The van der Waals surface area contributed by atoms with Gasteiger partial charge >= 0.3 is 0 Å². The Kier molecular flexibility index (Phi) is 5.53. The highest BCUT2D eigenvalue weighted by atomic mass is 79.9. The summed E-state index contributed by atoms with van der Waals surface area (Å²) in [5.74, 6) is -1.92. The van der Waals surface area contributed by atoms with Crippen molar-refractivity contribution in [3.05, 3.63) is 62.7 Å². The molecular weight excluding hydrogens is 494 g/mol. The Morgan fingerprint density at radius 3 is 2.65 bits per heavy atom. The van der Waals surface area contributed by atoms with Gasteiger partial charge in [-0.25, -0.2) is 21.9 Å². The van der Waals surface area contributed by atoms with Crippen molar-refractivity contribution in [3.8, 4) is 0 Å². The molecule has 3 rings (SSSR count). The molecule has 138 valence electrons. The summed E-state index contributed by atoms with van der Waals surface area (Å²) >= 11 is 5.66. The average molecular weight is 508 g/mol. The number of H-pyrrole nitrogens is 1. The van der Waals surface area contributed by atoms with Crippen molar-refractivity contribution in [3.63, 3.8) is 0 Å². The summed E-state index contributed by atoms with van der Waals surface area (Å²) in [6.07, 6.45) is 2.20. The van der Waals surface area contributed by atoms with E-state index in [0.717, 1.165) is 22.5 Å². The molecule has 1 unspecified atom stereocenters. The lowest BCUT2D eigenvalue weighted by Gasteiger charge is -2.16. The van der Waals surface area contributed by atoms with Gasteiger partial charge in [-0.3, -0.25) is 0 Å². The second kappa shape index (κ2) is 7.38. The number of nitrogens with one attached hydrogen (secondary N) is 2. The number of fused-ring (bicyclic) bond motifs is 1. The lowest BCUT2D eigenvalue weighted by molar-refractivity contribution is 0.528. The Morgan fingerprint density at radius 1 is 1.23 bits per heavy atom. The SMILES string of the molecule is CC(Cc1c[nH]c2ccccc12)NS(=O)(=O)c1c(F)c(Br)cc(F)c1Br. The summed E-state index contributed by atoms with van der Waals surface area (Å²) in [5.41, 5.74) is 1.87. The number of para-hydroxylation sites is 1. The average Bonchev–Trinajstić information content (AvgIpc) is 2.95. The van der Waals surface area contributed by atoms with Crippen LogP contribution >= 0.6 is 31.9 Å². The third-order valence-electron chi connectivity index (χ3n) is 3.90. The highest BCUT2D eigenvalue weighted by Crippen LogP contribution is 2.32. The van der Waals surface area contributed by atoms with E-state index in [4.69, 9.17) is 0 Å². The molecule has 0 spiro atoms. The van der Waals surface area contributed by atoms with Crippen molar-refractivity contribution < 1.29 is 17.2 Å². The van der Waals surface area contributed by atoms with Crippen molar-refractivity contribution in [1.29, 1.82) is 0 Å². The van der Waals surface area contributed by atoms with Gasteiger partial charge in [-0.2, -0.15) is 0 Å². The van der Waals surface area contributed by atoms with Crippen LogP contribution in [0.15, 0.2) is 50.4 Å². The predicted molar refractivity (Wildman–Crippen MR) is 104 cm³/mol. The number of hydrogen-bond acceptors (Lipinski definition) is 2. The maximum atomic E-state index is 14.3. The van der Waals surface area contributed by atoms with E-state index in [2.05, 4.69) is 41.6 Å². The van der Waals surface area contributed by atoms with E-state index in [1.54, 1.807) is 6.92 Å². The van der Waals surface area contributed by atoms with Crippen molar-refractivity contribution >= 4 is 52.8 Å². The zero-order valence-electron chi connectivity index (χ0n) is 13.5. The second-order valence-corrected chi connectivity index (χ2v) is 9.18. The first-order valence-corrected chi connectivity index (χ1v) is 10.7. The third kappa shape index (κ3) is 3.71. The maximum absolute atomic E-state index is 14.3. The number of aromatic nitrogens is 1. The second-order valence-electron chi connectivity index (χ2n) is 5.88. The molecule has 3 aromatic rings. The van der Waals surface area contributed by atoms with Crippen LogP contribution in [-0.4, -0.2) is 19.4 Å². The zero-order valence-corrected chi connectivity index (χ0v) is 17.5. The molecule has 0 aliphatic carbocycles. The van der Waals surface area contributed by atoms with Crippen molar-refractivity contribution in [2.24, 2.45) is 0 Å². The predicted octanol–water partition coefficient (Wildman–Crippen LogP) is 4.88. The summed E-state index contributed by atoms with van der Waals surface area (Å²) in [7, 11) is -4.27. The number of benzene rings is 2. The molecule has 1 aromatic heterocycles. The summed E-state index contributed by atoms with van der Waals surface area (Å²) in [5, 5.41) is 0.986. The van der Waals surface area contributed by atoms with Crippen LogP contribution in [0.4, 0.5) is 8.78 Å². The molecule has 1 heterocycles. The summed E-state index contributed by atoms with van der Waals surface area (Å²) in [6, 6.07) is 7.98. The van der Waals surface area contributed by atoms with Gasteiger partial charge in [0.25, 0.3) is 0 Å². The van der Waals surface area contributed by atoms with Crippen LogP contribution in [0.2, 0.25) is 0 Å². The van der Waals surface area contributed by atoms with Crippen LogP contribution in [0.3, 0.4) is 0 Å². The molecule has 4 nitrogen and oxygen atoms in total. The van der Waals surface area contributed by atoms with Crippen LogP contribution in [-0.2, 0) is 16.4 Å². The minimum absolute atomic E-state index is 0.261. The largest absolute Gasteiger partial charge is 0.361 e. The zero-order chi connectivity index (χ0) is 19.1. The monoisotopic (exact) mass is 506 g/mol. The van der Waals surface area contributed by atoms with Gasteiger partial charge in [0.2, 0.25) is 10.0 Å². The molecule has 2 aromatic carbocycles. The Balaban J connectivity index is 1.88. The quantitative estimate of drug-likeness (QED) is 0.483. The molecule has 0 radical (unpaired) electrons. The van der Waals surface area contributed by atoms with Crippen LogP contribution in [0.1, 0.15) is 12.5 Å². The molecule has 2 N–H and O–H groups in total. The van der Waals surface area contributed by atoms with Gasteiger partial charge in [0, 0.05) is 23.1 Å². The fourth-order valence-electron chi connectivity index (χ4n) is 2.78. The fourth-order valence-corrected chi connectivity index (χ4v) is 5.65. The Bertz CT molecular complexity index is 1060. The van der Waals surface area contributed by atoms with Gasteiger partial charge in [0.15, 0.2) is 5.82 Å². The molecular formula is C17H14Br2F2N2O2S. The lowest BCUT2D eigenvalue weighted by Crippen LogP contribution is -2.35. The number of aromatic amines is 1. The van der Waals surface area contributed by atoms with Gasteiger partial charge in [-0.15, -0.1) is 0 Å². The van der Waals surface area contributed by atoms with E-state index in [1.807, 2.05) is 30.5 Å². The fraction of sp³-hybridized carbons (Fsp3) is 0.176. The normalized spacial score (nSPS) is 13.3.